The van der Waals surface area contributed by atoms with Gasteiger partial charge in [0.2, 0.25) is 0 Å². The Morgan fingerprint density at radius 3 is 1.91 bits per heavy atom. The van der Waals surface area contributed by atoms with Gasteiger partial charge in [0.1, 0.15) is 16.7 Å². The van der Waals surface area contributed by atoms with Gasteiger partial charge in [-0.1, -0.05) is 140 Å². The van der Waals surface area contributed by atoms with Gasteiger partial charge in [0.25, 0.3) is 0 Å². The van der Waals surface area contributed by atoms with Crippen LogP contribution in [0.4, 0.5) is 11.4 Å². The lowest BCUT2D eigenvalue weighted by Crippen LogP contribution is -2.18. The Morgan fingerprint density at radius 1 is 0.500 bits per heavy atom. The number of rotatable bonds is 7. The number of hydrogen-bond acceptors (Lipinski definition) is 3. The molecule has 8 aromatic carbocycles. The van der Waals surface area contributed by atoms with Gasteiger partial charge in [0.15, 0.2) is 0 Å². The standard InChI is InChI=1S/C52H34N2O2/c1-2-36(32-35-33-55-50-29-14-8-17-37(35)50)53(48-27-12-13-28-49(48)54-46-25-10-5-19-39(46)40-20-6-11-26-47(40)54)45-24-9-7-21-41(45)42-22-15-23-43-44-31-30-34-16-3-4-18-38(34)51(44)56-52(42)43/h2-33H,1H2/b36-32+. The molecule has 0 N–H and O–H groups in total. The zero-order chi connectivity index (χ0) is 37.2. The lowest BCUT2D eigenvalue weighted by Gasteiger charge is -2.31. The first-order chi connectivity index (χ1) is 27.8. The molecule has 4 nitrogen and oxygen atoms in total. The van der Waals surface area contributed by atoms with Crippen molar-refractivity contribution in [1.82, 2.24) is 4.57 Å². The second-order valence-corrected chi connectivity index (χ2v) is 14.1. The number of aromatic nitrogens is 1. The molecule has 0 unspecified atom stereocenters. The molecule has 0 radical (unpaired) electrons. The first-order valence-electron chi connectivity index (χ1n) is 18.9. The van der Waals surface area contributed by atoms with E-state index in [2.05, 4.69) is 180 Å². The monoisotopic (exact) mass is 718 g/mol. The van der Waals surface area contributed by atoms with Crippen LogP contribution in [0, 0.1) is 0 Å². The summed E-state index contributed by atoms with van der Waals surface area (Å²) in [6, 6.07) is 61.9. The van der Waals surface area contributed by atoms with Gasteiger partial charge in [-0.3, -0.25) is 0 Å². The third-order valence-electron chi connectivity index (χ3n) is 11.0. The maximum Gasteiger partial charge on any atom is 0.143 e. The average molecular weight is 719 g/mol. The van der Waals surface area contributed by atoms with Crippen LogP contribution in [0.15, 0.2) is 209 Å². The van der Waals surface area contributed by atoms with E-state index in [4.69, 9.17) is 8.83 Å². The van der Waals surface area contributed by atoms with Crippen LogP contribution in [0.5, 0.6) is 0 Å². The van der Waals surface area contributed by atoms with Crippen molar-refractivity contribution < 1.29 is 8.83 Å². The predicted molar refractivity (Wildman–Crippen MR) is 234 cm³/mol. The Hall–Kier alpha value is -7.56. The summed E-state index contributed by atoms with van der Waals surface area (Å²) in [5, 5.41) is 7.89. The number of nitrogens with zero attached hydrogens (tertiary/aromatic N) is 2. The fraction of sp³-hybridized carbons (Fsp3) is 0. The summed E-state index contributed by atoms with van der Waals surface area (Å²) in [7, 11) is 0. The van der Waals surface area contributed by atoms with Crippen molar-refractivity contribution in [3.63, 3.8) is 0 Å². The molecular weight excluding hydrogens is 685 g/mol. The first kappa shape index (κ1) is 31.9. The summed E-state index contributed by atoms with van der Waals surface area (Å²) in [5.74, 6) is 0. The molecule has 4 heteroatoms. The van der Waals surface area contributed by atoms with Crippen molar-refractivity contribution in [3.05, 3.63) is 206 Å². The second-order valence-electron chi connectivity index (χ2n) is 14.1. The molecule has 0 bridgehead atoms. The van der Waals surface area contributed by atoms with Crippen LogP contribution in [0.3, 0.4) is 0 Å². The van der Waals surface area contributed by atoms with Crippen LogP contribution in [0.2, 0.25) is 0 Å². The summed E-state index contributed by atoms with van der Waals surface area (Å²) in [6.07, 6.45) is 5.94. The van der Waals surface area contributed by atoms with E-state index in [1.165, 1.54) is 10.8 Å². The van der Waals surface area contributed by atoms with Gasteiger partial charge in [0, 0.05) is 54.7 Å². The quantitative estimate of drug-likeness (QED) is 0.154. The molecule has 0 saturated heterocycles. The van der Waals surface area contributed by atoms with Gasteiger partial charge in [-0.25, -0.2) is 0 Å². The maximum atomic E-state index is 6.92. The predicted octanol–water partition coefficient (Wildman–Crippen LogP) is 14.6. The fourth-order valence-corrected chi connectivity index (χ4v) is 8.55. The van der Waals surface area contributed by atoms with E-state index < -0.39 is 0 Å². The van der Waals surface area contributed by atoms with Crippen LogP contribution in [-0.2, 0) is 0 Å². The summed E-state index contributed by atoms with van der Waals surface area (Å²) >= 11 is 0. The Kier molecular flexibility index (Phi) is 7.29. The van der Waals surface area contributed by atoms with Crippen LogP contribution in [0.1, 0.15) is 5.56 Å². The van der Waals surface area contributed by atoms with Crippen molar-refractivity contribution in [3.8, 4) is 16.8 Å². The van der Waals surface area contributed by atoms with Gasteiger partial charge < -0.3 is 18.3 Å². The molecule has 56 heavy (non-hydrogen) atoms. The Balaban J connectivity index is 1.21. The summed E-state index contributed by atoms with van der Waals surface area (Å²) in [6.45, 7) is 4.43. The van der Waals surface area contributed by atoms with Crippen LogP contribution < -0.4 is 4.90 Å². The highest BCUT2D eigenvalue weighted by Gasteiger charge is 2.25. The molecule has 11 rings (SSSR count). The first-order valence-corrected chi connectivity index (χ1v) is 18.9. The molecule has 0 fully saturated rings. The van der Waals surface area contributed by atoms with Crippen molar-refractivity contribution in [1.29, 1.82) is 0 Å². The van der Waals surface area contributed by atoms with E-state index in [1.54, 1.807) is 0 Å². The van der Waals surface area contributed by atoms with Gasteiger partial charge >= 0.3 is 0 Å². The molecule has 0 saturated carbocycles. The molecule has 3 heterocycles. The summed E-state index contributed by atoms with van der Waals surface area (Å²) in [4.78, 5) is 2.33. The van der Waals surface area contributed by atoms with E-state index in [9.17, 15) is 0 Å². The highest BCUT2D eigenvalue weighted by molar-refractivity contribution is 6.18. The number of anilines is 2. The number of furan rings is 2. The van der Waals surface area contributed by atoms with Gasteiger partial charge in [-0.05, 0) is 60.0 Å². The molecule has 3 aromatic heterocycles. The van der Waals surface area contributed by atoms with E-state index in [0.29, 0.717) is 0 Å². The topological polar surface area (TPSA) is 34.5 Å². The molecule has 0 atom stereocenters. The third kappa shape index (κ3) is 4.86. The Morgan fingerprint density at radius 2 is 1.11 bits per heavy atom. The molecule has 0 spiro atoms. The zero-order valence-electron chi connectivity index (χ0n) is 30.4. The van der Waals surface area contributed by atoms with Crippen LogP contribution in [0.25, 0.3) is 88.4 Å². The van der Waals surface area contributed by atoms with Crippen LogP contribution >= 0.6 is 0 Å². The van der Waals surface area contributed by atoms with E-state index in [-0.39, 0.29) is 0 Å². The molecule has 0 aliphatic carbocycles. The molecular formula is C52H34N2O2. The highest BCUT2D eigenvalue weighted by atomic mass is 16.3. The maximum absolute atomic E-state index is 6.92. The fourth-order valence-electron chi connectivity index (χ4n) is 8.55. The van der Waals surface area contributed by atoms with Crippen molar-refractivity contribution >= 4 is 82.9 Å². The average Bonchev–Trinajstić information content (AvgIpc) is 3.96. The minimum Gasteiger partial charge on any atom is -0.464 e. The number of fused-ring (bicyclic) bond motifs is 9. The minimum absolute atomic E-state index is 0.837. The van der Waals surface area contributed by atoms with Crippen molar-refractivity contribution in [2.45, 2.75) is 0 Å². The largest absolute Gasteiger partial charge is 0.464 e. The molecule has 11 aromatic rings. The lowest BCUT2D eigenvalue weighted by molar-refractivity contribution is 0.615. The second kappa shape index (κ2) is 12.8. The minimum atomic E-state index is 0.837. The lowest BCUT2D eigenvalue weighted by atomic mass is 9.98. The summed E-state index contributed by atoms with van der Waals surface area (Å²) in [5.41, 5.74) is 11.8. The summed E-state index contributed by atoms with van der Waals surface area (Å²) < 4.78 is 15.4. The van der Waals surface area contributed by atoms with Gasteiger partial charge in [-0.15, -0.1) is 0 Å². The molecule has 0 amide bonds. The molecule has 0 aliphatic heterocycles. The van der Waals surface area contributed by atoms with Gasteiger partial charge in [-0.2, -0.15) is 0 Å². The highest BCUT2D eigenvalue weighted by Crippen LogP contribution is 2.46. The van der Waals surface area contributed by atoms with Crippen LogP contribution in [-0.4, -0.2) is 4.57 Å². The number of para-hydroxylation sites is 7. The zero-order valence-corrected chi connectivity index (χ0v) is 30.4. The van der Waals surface area contributed by atoms with Gasteiger partial charge in [0.05, 0.1) is 34.4 Å². The third-order valence-corrected chi connectivity index (χ3v) is 11.0. The SMILES string of the molecule is C=C/C(=C\c1coc2ccccc12)N(c1ccccc1-c1cccc2c1oc1c3ccccc3ccc21)c1ccccc1-n1c2ccccc2c2ccccc21. The van der Waals surface area contributed by atoms with E-state index in [1.807, 2.05) is 30.5 Å². The van der Waals surface area contributed by atoms with E-state index >= 15 is 0 Å². The normalized spacial score (nSPS) is 12.1. The number of allylic oxidation sites excluding steroid dienone is 1. The van der Waals surface area contributed by atoms with Crippen molar-refractivity contribution in [2.75, 3.05) is 4.90 Å². The van der Waals surface area contributed by atoms with E-state index in [0.717, 1.165) is 94.2 Å². The number of hydrogen-bond donors (Lipinski definition) is 0. The molecule has 264 valence electrons. The number of benzene rings is 8. The van der Waals surface area contributed by atoms with Crippen molar-refractivity contribution in [2.24, 2.45) is 0 Å². The Labute approximate surface area is 323 Å². The molecule has 0 aliphatic rings. The smallest absolute Gasteiger partial charge is 0.143 e. The Bertz CT molecular complexity index is 3300.